The van der Waals surface area contributed by atoms with Gasteiger partial charge in [0.1, 0.15) is 11.5 Å². The van der Waals surface area contributed by atoms with Crippen LogP contribution in [0.1, 0.15) is 34.5 Å². The zero-order chi connectivity index (χ0) is 27.0. The fraction of sp³-hybridized carbons (Fsp3) is 0.435. The van der Waals surface area contributed by atoms with Crippen LogP contribution in [0.2, 0.25) is 0 Å². The van der Waals surface area contributed by atoms with Gasteiger partial charge in [-0.1, -0.05) is 13.0 Å². The highest BCUT2D eigenvalue weighted by molar-refractivity contribution is 7.15. The highest BCUT2D eigenvalue weighted by Crippen LogP contribution is 2.37. The van der Waals surface area contributed by atoms with Crippen molar-refractivity contribution >= 4 is 23.1 Å². The van der Waals surface area contributed by atoms with Crippen LogP contribution < -0.4 is 10.1 Å². The van der Waals surface area contributed by atoms with E-state index in [0.717, 1.165) is 11.1 Å². The average Bonchev–Trinajstić information content (AvgIpc) is 3.23. The van der Waals surface area contributed by atoms with Gasteiger partial charge < -0.3 is 15.0 Å². The Labute approximate surface area is 212 Å². The highest BCUT2D eigenvalue weighted by Gasteiger charge is 2.47. The second-order valence-electron chi connectivity index (χ2n) is 8.68. The zero-order valence-corrected chi connectivity index (χ0v) is 20.8. The zero-order valence-electron chi connectivity index (χ0n) is 20.0. The lowest BCUT2D eigenvalue weighted by Crippen LogP contribution is -2.57. The fourth-order valence-corrected chi connectivity index (χ4v) is 5.07. The van der Waals surface area contributed by atoms with Crippen LogP contribution in [0.3, 0.4) is 0 Å². The topological polar surface area (TPSA) is 93.1 Å². The number of carbonyl (C=O) groups is 1. The maximum atomic E-state index is 14.6. The summed E-state index contributed by atoms with van der Waals surface area (Å²) in [6, 6.07) is 4.28. The van der Waals surface area contributed by atoms with Crippen molar-refractivity contribution in [2.24, 2.45) is 5.92 Å². The monoisotopic (exact) mass is 542 g/mol. The Morgan fingerprint density at radius 2 is 2.00 bits per heavy atom. The minimum absolute atomic E-state index is 0.00697. The van der Waals surface area contributed by atoms with Crippen LogP contribution in [-0.2, 0) is 6.18 Å². The van der Waals surface area contributed by atoms with Gasteiger partial charge in [0.15, 0.2) is 5.69 Å². The molecule has 0 spiro atoms. The van der Waals surface area contributed by atoms with Crippen LogP contribution in [0.4, 0.5) is 27.8 Å². The number of hydrogen-bond acceptors (Lipinski definition) is 8. The van der Waals surface area contributed by atoms with Gasteiger partial charge in [0, 0.05) is 19.0 Å². The van der Waals surface area contributed by atoms with Gasteiger partial charge in [0.2, 0.25) is 5.88 Å². The average molecular weight is 543 g/mol. The molecule has 1 amide bonds. The molecule has 8 nitrogen and oxygen atoms in total. The van der Waals surface area contributed by atoms with E-state index in [2.05, 4.69) is 25.3 Å². The molecule has 0 aromatic carbocycles. The van der Waals surface area contributed by atoms with Crippen LogP contribution in [0.5, 0.6) is 5.88 Å². The molecule has 3 aromatic rings. The summed E-state index contributed by atoms with van der Waals surface area (Å²) < 4.78 is 72.7. The van der Waals surface area contributed by atoms with Gasteiger partial charge in [0.25, 0.3) is 11.8 Å². The van der Waals surface area contributed by atoms with Gasteiger partial charge in [-0.3, -0.25) is 4.79 Å². The van der Waals surface area contributed by atoms with E-state index < -0.39 is 48.6 Å². The number of alkyl halides is 5. The number of nitrogens with zero attached hydrogens (tertiary/aromatic N) is 5. The number of methoxy groups -OCH3 is 1. The molecule has 0 saturated carbocycles. The summed E-state index contributed by atoms with van der Waals surface area (Å²) in [5, 5.41) is 3.38. The molecule has 0 aliphatic carbocycles. The molecule has 14 heteroatoms. The van der Waals surface area contributed by atoms with Crippen LogP contribution >= 0.6 is 11.3 Å². The van der Waals surface area contributed by atoms with Crippen LogP contribution in [0.25, 0.3) is 10.6 Å². The van der Waals surface area contributed by atoms with Crippen molar-refractivity contribution in [3.63, 3.8) is 0 Å². The molecule has 1 aliphatic rings. The molecule has 1 unspecified atom stereocenters. The van der Waals surface area contributed by atoms with Crippen molar-refractivity contribution in [1.82, 2.24) is 24.8 Å². The molecular weight excluding hydrogens is 519 g/mol. The van der Waals surface area contributed by atoms with Gasteiger partial charge in [-0.2, -0.15) is 13.2 Å². The number of halogens is 5. The minimum Gasteiger partial charge on any atom is -0.481 e. The fourth-order valence-electron chi connectivity index (χ4n) is 4.19. The number of hydrogen-bond donors (Lipinski definition) is 1. The number of nitrogens with one attached hydrogen (secondary N) is 1. The molecule has 198 valence electrons. The quantitative estimate of drug-likeness (QED) is 0.442. The Kier molecular flexibility index (Phi) is 7.31. The van der Waals surface area contributed by atoms with Crippen molar-refractivity contribution in [2.75, 3.05) is 25.5 Å². The first-order chi connectivity index (χ1) is 17.4. The largest absolute Gasteiger partial charge is 0.481 e. The van der Waals surface area contributed by atoms with Gasteiger partial charge in [0.05, 0.1) is 47.7 Å². The molecule has 2 atom stereocenters. The third kappa shape index (κ3) is 5.95. The molecule has 0 bridgehead atoms. The first-order valence-corrected chi connectivity index (χ1v) is 12.0. The molecule has 1 aliphatic heterocycles. The molecule has 1 fully saturated rings. The number of rotatable bonds is 6. The molecule has 3 aromatic heterocycles. The summed E-state index contributed by atoms with van der Waals surface area (Å²) in [5.74, 6) is -4.11. The molecule has 4 heterocycles. The number of aromatic nitrogens is 4. The lowest BCUT2D eigenvalue weighted by molar-refractivity contribution is -0.141. The molecule has 1 saturated heterocycles. The predicted molar refractivity (Wildman–Crippen MR) is 126 cm³/mol. The Morgan fingerprint density at radius 3 is 2.65 bits per heavy atom. The number of ether oxygens (including phenoxy) is 1. The Balaban J connectivity index is 1.62. The van der Waals surface area contributed by atoms with E-state index in [1.54, 1.807) is 32.0 Å². The summed E-state index contributed by atoms with van der Waals surface area (Å²) in [6.07, 6.45) is -3.61. The van der Waals surface area contributed by atoms with E-state index in [1.165, 1.54) is 18.4 Å². The standard InChI is InChI=1S/C23H23F5N6O2S/c1-12-7-22(24,25)11-34(15(12)8-30-17-10-29-16(9-31-17)23(26,27)28)21(35)19-20(37-13(2)32-19)14-5-4-6-18(33-14)36-3/h4-6,9-10,12,15H,7-8,11H2,1-3H3,(H,30,31)/t12-,15?/m1/s1. The SMILES string of the molecule is COc1cccc(-c2sc(C)nc2C(=O)N2CC(F)(F)C[C@@H](C)C2CNc2cnc(C(F)(F)F)cn2)n1. The Hall–Kier alpha value is -3.42. The molecule has 1 N–H and O–H groups in total. The third-order valence-corrected chi connectivity index (χ3v) is 6.87. The van der Waals surface area contributed by atoms with E-state index in [0.29, 0.717) is 27.7 Å². The first kappa shape index (κ1) is 26.6. The minimum atomic E-state index is -4.64. The summed E-state index contributed by atoms with van der Waals surface area (Å²) in [5.41, 5.74) is -0.745. The van der Waals surface area contributed by atoms with Gasteiger partial charge in [-0.25, -0.2) is 28.7 Å². The summed E-state index contributed by atoms with van der Waals surface area (Å²) in [4.78, 5) is 30.9. The van der Waals surface area contributed by atoms with Crippen molar-refractivity contribution < 1.29 is 31.5 Å². The number of piperidine rings is 1. The lowest BCUT2D eigenvalue weighted by atomic mass is 9.88. The van der Waals surface area contributed by atoms with Crippen molar-refractivity contribution in [3.8, 4) is 16.5 Å². The van der Waals surface area contributed by atoms with Crippen molar-refractivity contribution in [3.05, 3.63) is 47.0 Å². The predicted octanol–water partition coefficient (Wildman–Crippen LogP) is 4.93. The second-order valence-corrected chi connectivity index (χ2v) is 9.88. The molecule has 0 radical (unpaired) electrons. The maximum Gasteiger partial charge on any atom is 0.434 e. The van der Waals surface area contributed by atoms with E-state index >= 15 is 0 Å². The van der Waals surface area contributed by atoms with E-state index in [1.807, 2.05) is 0 Å². The number of likely N-dealkylation sites (tertiary alicyclic amines) is 1. The van der Waals surface area contributed by atoms with E-state index in [-0.39, 0.29) is 18.1 Å². The van der Waals surface area contributed by atoms with Gasteiger partial charge >= 0.3 is 6.18 Å². The maximum absolute atomic E-state index is 14.6. The van der Waals surface area contributed by atoms with Crippen LogP contribution in [0.15, 0.2) is 30.6 Å². The third-order valence-electron chi connectivity index (χ3n) is 5.88. The smallest absolute Gasteiger partial charge is 0.434 e. The number of amides is 1. The first-order valence-electron chi connectivity index (χ1n) is 11.2. The molecule has 4 rings (SSSR count). The summed E-state index contributed by atoms with van der Waals surface area (Å²) in [7, 11) is 1.45. The Bertz CT molecular complexity index is 1270. The molecular formula is C23H23F5N6O2S. The van der Waals surface area contributed by atoms with E-state index in [4.69, 9.17) is 4.74 Å². The second kappa shape index (κ2) is 10.1. The number of pyridine rings is 1. The van der Waals surface area contributed by atoms with Crippen LogP contribution in [0, 0.1) is 12.8 Å². The van der Waals surface area contributed by atoms with Crippen molar-refractivity contribution in [2.45, 2.75) is 38.4 Å². The Morgan fingerprint density at radius 1 is 1.24 bits per heavy atom. The van der Waals surface area contributed by atoms with Crippen LogP contribution in [-0.4, -0.2) is 62.9 Å². The van der Waals surface area contributed by atoms with E-state index in [9.17, 15) is 26.7 Å². The van der Waals surface area contributed by atoms with Gasteiger partial charge in [-0.05, 0) is 18.9 Å². The summed E-state index contributed by atoms with van der Waals surface area (Å²) >= 11 is 1.20. The number of anilines is 1. The van der Waals surface area contributed by atoms with Crippen molar-refractivity contribution in [1.29, 1.82) is 0 Å². The lowest BCUT2D eigenvalue weighted by Gasteiger charge is -2.43. The number of thiazole rings is 1. The number of carbonyl (C=O) groups excluding carboxylic acids is 1. The number of aryl methyl sites for hydroxylation is 1. The summed E-state index contributed by atoms with van der Waals surface area (Å²) in [6.45, 7) is 2.43. The normalized spacial score (nSPS) is 19.5. The van der Waals surface area contributed by atoms with Gasteiger partial charge in [-0.15, -0.1) is 11.3 Å². The molecule has 37 heavy (non-hydrogen) atoms. The highest BCUT2D eigenvalue weighted by atomic mass is 32.1.